The Balaban J connectivity index is 1.61. The van der Waals surface area contributed by atoms with Crippen LogP contribution in [0.3, 0.4) is 0 Å². The van der Waals surface area contributed by atoms with Gasteiger partial charge in [-0.3, -0.25) is 0 Å². The van der Waals surface area contributed by atoms with Crippen LogP contribution in [0.25, 0.3) is 0 Å². The standard InChI is InChI=1S/C18H26/c1-18(13-5-6-14-18)17-11-9-16(10-12-17)15-7-3-2-4-8-15/h2-4,7-8,16-17H,5-6,9-14H2,1H3. The summed E-state index contributed by atoms with van der Waals surface area (Å²) in [6.45, 7) is 2.56. The molecule has 0 radical (unpaired) electrons. The third-order valence-corrected chi connectivity index (χ3v) is 5.73. The Morgan fingerprint density at radius 1 is 0.889 bits per heavy atom. The van der Waals surface area contributed by atoms with Crippen molar-refractivity contribution in [3.63, 3.8) is 0 Å². The van der Waals surface area contributed by atoms with Gasteiger partial charge < -0.3 is 0 Å². The van der Waals surface area contributed by atoms with Crippen molar-refractivity contribution in [3.05, 3.63) is 35.9 Å². The van der Waals surface area contributed by atoms with Crippen molar-refractivity contribution in [1.82, 2.24) is 0 Å². The molecule has 0 heteroatoms. The van der Waals surface area contributed by atoms with E-state index in [0.717, 1.165) is 11.8 Å². The lowest BCUT2D eigenvalue weighted by atomic mass is 9.66. The van der Waals surface area contributed by atoms with Crippen LogP contribution in [0.2, 0.25) is 0 Å². The summed E-state index contributed by atoms with van der Waals surface area (Å²) >= 11 is 0. The Morgan fingerprint density at radius 3 is 2.11 bits per heavy atom. The van der Waals surface area contributed by atoms with Crippen molar-refractivity contribution < 1.29 is 0 Å². The Morgan fingerprint density at radius 2 is 1.50 bits per heavy atom. The van der Waals surface area contributed by atoms with Crippen molar-refractivity contribution in [2.45, 2.75) is 64.2 Å². The molecule has 0 nitrogen and oxygen atoms in total. The molecule has 0 heterocycles. The molecule has 2 aliphatic carbocycles. The Kier molecular flexibility index (Phi) is 3.46. The molecule has 18 heavy (non-hydrogen) atoms. The van der Waals surface area contributed by atoms with E-state index in [-0.39, 0.29) is 0 Å². The molecular formula is C18H26. The highest BCUT2D eigenvalue weighted by Crippen LogP contribution is 2.51. The molecule has 0 bridgehead atoms. The van der Waals surface area contributed by atoms with Gasteiger partial charge in [-0.15, -0.1) is 0 Å². The Hall–Kier alpha value is -0.780. The molecule has 0 aromatic heterocycles. The summed E-state index contributed by atoms with van der Waals surface area (Å²) < 4.78 is 0. The molecule has 2 fully saturated rings. The highest BCUT2D eigenvalue weighted by molar-refractivity contribution is 5.20. The second-order valence-corrected chi connectivity index (χ2v) is 6.82. The molecule has 0 aliphatic heterocycles. The van der Waals surface area contributed by atoms with Crippen LogP contribution >= 0.6 is 0 Å². The smallest absolute Gasteiger partial charge is 0.0162 e. The fraction of sp³-hybridized carbons (Fsp3) is 0.667. The van der Waals surface area contributed by atoms with Crippen molar-refractivity contribution in [1.29, 1.82) is 0 Å². The van der Waals surface area contributed by atoms with E-state index >= 15 is 0 Å². The average Bonchev–Trinajstić information content (AvgIpc) is 2.88. The molecule has 2 saturated carbocycles. The van der Waals surface area contributed by atoms with Crippen LogP contribution in [0.5, 0.6) is 0 Å². The van der Waals surface area contributed by atoms with E-state index in [9.17, 15) is 0 Å². The zero-order chi connectivity index (χ0) is 12.4. The van der Waals surface area contributed by atoms with E-state index < -0.39 is 0 Å². The first-order valence-electron chi connectivity index (χ1n) is 7.83. The van der Waals surface area contributed by atoms with Crippen molar-refractivity contribution in [2.75, 3.05) is 0 Å². The lowest BCUT2D eigenvalue weighted by Crippen LogP contribution is -2.28. The maximum atomic E-state index is 2.56. The molecule has 2 aliphatic rings. The van der Waals surface area contributed by atoms with E-state index in [4.69, 9.17) is 0 Å². The number of hydrogen-bond acceptors (Lipinski definition) is 0. The summed E-state index contributed by atoms with van der Waals surface area (Å²) in [5.74, 6) is 1.85. The molecule has 0 amide bonds. The minimum absolute atomic E-state index is 0.696. The van der Waals surface area contributed by atoms with Gasteiger partial charge in [-0.25, -0.2) is 0 Å². The number of benzene rings is 1. The largest absolute Gasteiger partial charge is 0.0622 e. The quantitative estimate of drug-likeness (QED) is 0.638. The van der Waals surface area contributed by atoms with Gasteiger partial charge in [0, 0.05) is 0 Å². The molecular weight excluding hydrogens is 216 g/mol. The van der Waals surface area contributed by atoms with E-state index in [1.165, 1.54) is 51.4 Å². The maximum Gasteiger partial charge on any atom is -0.0162 e. The lowest BCUT2D eigenvalue weighted by Gasteiger charge is -2.39. The van der Waals surface area contributed by atoms with Crippen LogP contribution in [0.4, 0.5) is 0 Å². The fourth-order valence-corrected chi connectivity index (χ4v) is 4.44. The molecule has 3 rings (SSSR count). The molecule has 1 aromatic carbocycles. The first-order chi connectivity index (χ1) is 8.78. The van der Waals surface area contributed by atoms with E-state index in [0.29, 0.717) is 5.41 Å². The fourth-order valence-electron chi connectivity index (χ4n) is 4.44. The molecule has 0 saturated heterocycles. The number of hydrogen-bond donors (Lipinski definition) is 0. The second-order valence-electron chi connectivity index (χ2n) is 6.82. The van der Waals surface area contributed by atoms with Crippen LogP contribution in [0.15, 0.2) is 30.3 Å². The van der Waals surface area contributed by atoms with Gasteiger partial charge in [0.05, 0.1) is 0 Å². The summed E-state index contributed by atoms with van der Waals surface area (Å²) in [5, 5.41) is 0. The van der Waals surface area contributed by atoms with Gasteiger partial charge in [0.15, 0.2) is 0 Å². The second kappa shape index (κ2) is 5.07. The van der Waals surface area contributed by atoms with Crippen molar-refractivity contribution in [2.24, 2.45) is 11.3 Å². The van der Waals surface area contributed by atoms with E-state index in [2.05, 4.69) is 37.3 Å². The molecule has 0 N–H and O–H groups in total. The zero-order valence-electron chi connectivity index (χ0n) is 11.7. The van der Waals surface area contributed by atoms with Crippen molar-refractivity contribution >= 4 is 0 Å². The lowest BCUT2D eigenvalue weighted by molar-refractivity contribution is 0.136. The SMILES string of the molecule is CC1(C2CCC(c3ccccc3)CC2)CCCC1. The third-order valence-electron chi connectivity index (χ3n) is 5.73. The predicted molar refractivity (Wildman–Crippen MR) is 77.7 cm³/mol. The summed E-state index contributed by atoms with van der Waals surface area (Å²) in [5.41, 5.74) is 2.27. The molecule has 0 unspecified atom stereocenters. The van der Waals surface area contributed by atoms with Gasteiger partial charge >= 0.3 is 0 Å². The maximum absolute atomic E-state index is 2.56. The van der Waals surface area contributed by atoms with Crippen LogP contribution < -0.4 is 0 Å². The zero-order valence-corrected chi connectivity index (χ0v) is 11.7. The van der Waals surface area contributed by atoms with Crippen LogP contribution in [0, 0.1) is 11.3 Å². The summed E-state index contributed by atoms with van der Waals surface area (Å²) in [7, 11) is 0. The monoisotopic (exact) mass is 242 g/mol. The van der Waals surface area contributed by atoms with E-state index in [1.54, 1.807) is 5.56 Å². The minimum Gasteiger partial charge on any atom is -0.0622 e. The predicted octanol–water partition coefficient (Wildman–Crippen LogP) is 5.54. The van der Waals surface area contributed by atoms with Crippen molar-refractivity contribution in [3.8, 4) is 0 Å². The highest BCUT2D eigenvalue weighted by Gasteiger charge is 2.38. The van der Waals surface area contributed by atoms with Gasteiger partial charge in [-0.1, -0.05) is 50.1 Å². The van der Waals surface area contributed by atoms with Gasteiger partial charge in [-0.2, -0.15) is 0 Å². The minimum atomic E-state index is 0.696. The topological polar surface area (TPSA) is 0 Å². The molecule has 98 valence electrons. The summed E-state index contributed by atoms with van der Waals surface area (Å²) in [6.07, 6.45) is 11.7. The molecule has 0 spiro atoms. The first-order valence-corrected chi connectivity index (χ1v) is 7.83. The van der Waals surface area contributed by atoms with Gasteiger partial charge in [0.2, 0.25) is 0 Å². The molecule has 1 aromatic rings. The van der Waals surface area contributed by atoms with Crippen LogP contribution in [0.1, 0.15) is 69.8 Å². The number of rotatable bonds is 2. The normalized spacial score (nSPS) is 31.4. The first kappa shape index (κ1) is 12.3. The van der Waals surface area contributed by atoms with Crippen LogP contribution in [-0.4, -0.2) is 0 Å². The van der Waals surface area contributed by atoms with Crippen LogP contribution in [-0.2, 0) is 0 Å². The Bertz CT molecular complexity index is 364. The molecule has 0 atom stereocenters. The van der Waals surface area contributed by atoms with Gasteiger partial charge in [0.25, 0.3) is 0 Å². The van der Waals surface area contributed by atoms with E-state index in [1.807, 2.05) is 0 Å². The van der Waals surface area contributed by atoms with Gasteiger partial charge in [-0.05, 0) is 61.3 Å². The summed E-state index contributed by atoms with van der Waals surface area (Å²) in [6, 6.07) is 11.2. The highest BCUT2D eigenvalue weighted by atomic mass is 14.4. The van der Waals surface area contributed by atoms with Gasteiger partial charge in [0.1, 0.15) is 0 Å². The summed E-state index contributed by atoms with van der Waals surface area (Å²) in [4.78, 5) is 0. The Labute approximate surface area is 112 Å². The average molecular weight is 242 g/mol. The third kappa shape index (κ3) is 2.35.